The molecule has 5 heteroatoms. The van der Waals surface area contributed by atoms with E-state index in [1.807, 2.05) is 26.8 Å². The Labute approximate surface area is 118 Å². The maximum Gasteiger partial charge on any atom is 0.322 e. The number of fused-ring (bicyclic) bond motifs is 1. The SMILES string of the molecule is CC(C)C(C)NC(=O)N1CC(C(=O)O)c2ccccc21. The number of carbonyl (C=O) groups excluding carboxylic acids is 1. The van der Waals surface area contributed by atoms with Crippen molar-refractivity contribution in [1.82, 2.24) is 5.32 Å². The van der Waals surface area contributed by atoms with Gasteiger partial charge in [-0.1, -0.05) is 32.0 Å². The van der Waals surface area contributed by atoms with Crippen LogP contribution in [-0.2, 0) is 4.79 Å². The zero-order chi connectivity index (χ0) is 14.9. The van der Waals surface area contributed by atoms with E-state index >= 15 is 0 Å². The molecule has 108 valence electrons. The maximum atomic E-state index is 12.3. The smallest absolute Gasteiger partial charge is 0.322 e. The van der Waals surface area contributed by atoms with Gasteiger partial charge >= 0.3 is 12.0 Å². The van der Waals surface area contributed by atoms with E-state index in [0.29, 0.717) is 17.2 Å². The summed E-state index contributed by atoms with van der Waals surface area (Å²) >= 11 is 0. The lowest BCUT2D eigenvalue weighted by atomic mass is 10.0. The average Bonchev–Trinajstić information content (AvgIpc) is 2.78. The van der Waals surface area contributed by atoms with Gasteiger partial charge in [-0.15, -0.1) is 0 Å². The third-order valence-corrected chi connectivity index (χ3v) is 3.86. The van der Waals surface area contributed by atoms with E-state index in [1.165, 1.54) is 4.90 Å². The predicted octanol–water partition coefficient (Wildman–Crippen LogP) is 2.43. The van der Waals surface area contributed by atoms with Crippen LogP contribution in [0.5, 0.6) is 0 Å². The second kappa shape index (κ2) is 5.53. The number of para-hydroxylation sites is 1. The van der Waals surface area contributed by atoms with E-state index in [4.69, 9.17) is 0 Å². The van der Waals surface area contributed by atoms with Gasteiger partial charge < -0.3 is 10.4 Å². The highest BCUT2D eigenvalue weighted by Crippen LogP contribution is 2.36. The molecular weight excluding hydrogens is 256 g/mol. The summed E-state index contributed by atoms with van der Waals surface area (Å²) in [7, 11) is 0. The number of carboxylic acid groups (broad SMARTS) is 1. The molecule has 20 heavy (non-hydrogen) atoms. The summed E-state index contributed by atoms with van der Waals surface area (Å²) in [5.74, 6) is -1.22. The van der Waals surface area contributed by atoms with Gasteiger partial charge in [0.2, 0.25) is 0 Å². The summed E-state index contributed by atoms with van der Waals surface area (Å²) in [4.78, 5) is 25.1. The van der Waals surface area contributed by atoms with Crippen LogP contribution in [0.4, 0.5) is 10.5 Å². The summed E-state index contributed by atoms with van der Waals surface area (Å²) in [6, 6.07) is 6.98. The van der Waals surface area contributed by atoms with Crippen LogP contribution in [-0.4, -0.2) is 29.7 Å². The van der Waals surface area contributed by atoms with Crippen molar-refractivity contribution in [2.75, 3.05) is 11.4 Å². The molecule has 1 aromatic rings. The number of aliphatic carboxylic acids is 1. The number of rotatable bonds is 3. The molecule has 0 aliphatic carbocycles. The number of hydrogen-bond acceptors (Lipinski definition) is 2. The Morgan fingerprint density at radius 1 is 1.30 bits per heavy atom. The third-order valence-electron chi connectivity index (χ3n) is 3.86. The van der Waals surface area contributed by atoms with Crippen LogP contribution in [0.3, 0.4) is 0 Å². The number of anilines is 1. The summed E-state index contributed by atoms with van der Waals surface area (Å²) in [6.07, 6.45) is 0. The van der Waals surface area contributed by atoms with Crippen LogP contribution in [0.2, 0.25) is 0 Å². The predicted molar refractivity (Wildman–Crippen MR) is 77.0 cm³/mol. The Hall–Kier alpha value is -2.04. The molecule has 1 aromatic carbocycles. The number of hydrogen-bond donors (Lipinski definition) is 2. The quantitative estimate of drug-likeness (QED) is 0.890. The molecule has 0 aromatic heterocycles. The van der Waals surface area contributed by atoms with Crippen LogP contribution >= 0.6 is 0 Å². The number of nitrogens with zero attached hydrogens (tertiary/aromatic N) is 1. The lowest BCUT2D eigenvalue weighted by Gasteiger charge is -2.23. The van der Waals surface area contributed by atoms with Crippen molar-refractivity contribution in [3.8, 4) is 0 Å². The molecule has 0 radical (unpaired) electrons. The lowest BCUT2D eigenvalue weighted by molar-refractivity contribution is -0.138. The second-order valence-corrected chi connectivity index (χ2v) is 5.54. The fraction of sp³-hybridized carbons (Fsp3) is 0.467. The first-order chi connectivity index (χ1) is 9.41. The van der Waals surface area contributed by atoms with Crippen LogP contribution in [0.15, 0.2) is 24.3 Å². The molecule has 1 aliphatic rings. The van der Waals surface area contributed by atoms with Gasteiger partial charge in [-0.2, -0.15) is 0 Å². The van der Waals surface area contributed by atoms with Crippen LogP contribution in [0.1, 0.15) is 32.3 Å². The maximum absolute atomic E-state index is 12.3. The molecule has 1 aliphatic heterocycles. The van der Waals surface area contributed by atoms with Crippen molar-refractivity contribution in [3.63, 3.8) is 0 Å². The van der Waals surface area contributed by atoms with E-state index < -0.39 is 11.9 Å². The normalized spacial score (nSPS) is 18.8. The van der Waals surface area contributed by atoms with E-state index in [2.05, 4.69) is 5.32 Å². The number of benzene rings is 1. The van der Waals surface area contributed by atoms with Crippen LogP contribution in [0, 0.1) is 5.92 Å². The summed E-state index contributed by atoms with van der Waals surface area (Å²) < 4.78 is 0. The van der Waals surface area contributed by atoms with E-state index in [0.717, 1.165) is 0 Å². The zero-order valence-electron chi connectivity index (χ0n) is 12.0. The van der Waals surface area contributed by atoms with E-state index in [-0.39, 0.29) is 18.6 Å². The van der Waals surface area contributed by atoms with E-state index in [1.54, 1.807) is 18.2 Å². The van der Waals surface area contributed by atoms with Gasteiger partial charge in [-0.05, 0) is 24.5 Å². The molecule has 0 spiro atoms. The fourth-order valence-corrected chi connectivity index (χ4v) is 2.25. The monoisotopic (exact) mass is 276 g/mol. The molecule has 2 atom stereocenters. The van der Waals surface area contributed by atoms with Gasteiger partial charge in [-0.25, -0.2) is 4.79 Å². The molecular formula is C15H20N2O3. The van der Waals surface area contributed by atoms with Gasteiger partial charge in [0.1, 0.15) is 5.92 Å². The summed E-state index contributed by atoms with van der Waals surface area (Å²) in [5, 5.41) is 12.2. The molecule has 0 saturated heterocycles. The second-order valence-electron chi connectivity index (χ2n) is 5.54. The first kappa shape index (κ1) is 14.4. The molecule has 2 N–H and O–H groups in total. The minimum absolute atomic E-state index is 0.0403. The Morgan fingerprint density at radius 3 is 2.55 bits per heavy atom. The van der Waals surface area contributed by atoms with E-state index in [9.17, 15) is 14.7 Å². The number of urea groups is 1. The zero-order valence-corrected chi connectivity index (χ0v) is 12.0. The minimum atomic E-state index is -0.898. The van der Waals surface area contributed by atoms with Crippen molar-refractivity contribution in [2.24, 2.45) is 5.92 Å². The molecule has 2 rings (SSSR count). The van der Waals surface area contributed by atoms with Gasteiger partial charge in [0.05, 0.1) is 0 Å². The van der Waals surface area contributed by atoms with Crippen LogP contribution in [0.25, 0.3) is 0 Å². The van der Waals surface area contributed by atoms with Crippen molar-refractivity contribution < 1.29 is 14.7 Å². The molecule has 0 bridgehead atoms. The van der Waals surface area contributed by atoms with Crippen molar-refractivity contribution in [3.05, 3.63) is 29.8 Å². The summed E-state index contributed by atoms with van der Waals surface area (Å²) in [6.45, 7) is 6.19. The number of amides is 2. The highest BCUT2D eigenvalue weighted by atomic mass is 16.4. The molecule has 1 heterocycles. The first-order valence-corrected chi connectivity index (χ1v) is 6.81. The van der Waals surface area contributed by atoms with Gasteiger partial charge in [-0.3, -0.25) is 9.69 Å². The Bertz CT molecular complexity index is 528. The van der Waals surface area contributed by atoms with Gasteiger partial charge in [0, 0.05) is 18.3 Å². The molecule has 0 saturated carbocycles. The first-order valence-electron chi connectivity index (χ1n) is 6.81. The molecule has 2 amide bonds. The fourth-order valence-electron chi connectivity index (χ4n) is 2.25. The van der Waals surface area contributed by atoms with Crippen molar-refractivity contribution in [2.45, 2.75) is 32.7 Å². The Morgan fingerprint density at radius 2 is 1.95 bits per heavy atom. The molecule has 2 unspecified atom stereocenters. The van der Waals surface area contributed by atoms with Crippen molar-refractivity contribution in [1.29, 1.82) is 0 Å². The minimum Gasteiger partial charge on any atom is -0.481 e. The highest BCUT2D eigenvalue weighted by Gasteiger charge is 2.36. The molecule has 0 fully saturated rings. The average molecular weight is 276 g/mol. The van der Waals surface area contributed by atoms with Gasteiger partial charge in [0.25, 0.3) is 0 Å². The van der Waals surface area contributed by atoms with Gasteiger partial charge in [0.15, 0.2) is 0 Å². The third kappa shape index (κ3) is 2.61. The number of carbonyl (C=O) groups is 2. The number of nitrogens with one attached hydrogen (secondary N) is 1. The summed E-state index contributed by atoms with van der Waals surface area (Å²) in [5.41, 5.74) is 1.39. The van der Waals surface area contributed by atoms with Crippen LogP contribution < -0.4 is 10.2 Å². The molecule has 5 nitrogen and oxygen atoms in total. The van der Waals surface area contributed by atoms with Crippen molar-refractivity contribution >= 4 is 17.7 Å². The topological polar surface area (TPSA) is 69.6 Å². The number of carboxylic acids is 1. The Kier molecular flexibility index (Phi) is 3.97. The Balaban J connectivity index is 2.22. The lowest BCUT2D eigenvalue weighted by Crippen LogP contribution is -2.45. The standard InChI is InChI=1S/C15H20N2O3/c1-9(2)10(3)16-15(20)17-8-12(14(18)19)11-6-4-5-7-13(11)17/h4-7,9-10,12H,8H2,1-3H3,(H,16,20)(H,18,19). The largest absolute Gasteiger partial charge is 0.481 e. The highest BCUT2D eigenvalue weighted by molar-refractivity contribution is 5.98.